The highest BCUT2D eigenvalue weighted by molar-refractivity contribution is 6.31. The highest BCUT2D eigenvalue weighted by Gasteiger charge is 2.35. The lowest BCUT2D eigenvalue weighted by atomic mass is 9.96. The Hall–Kier alpha value is -1.88. The molecule has 0 fully saturated rings. The maximum Gasteiger partial charge on any atom is 0.193 e. The van der Waals surface area contributed by atoms with Gasteiger partial charge < -0.3 is 9.30 Å². The van der Waals surface area contributed by atoms with E-state index in [0.717, 1.165) is 0 Å². The van der Waals surface area contributed by atoms with Gasteiger partial charge in [0.1, 0.15) is 30.5 Å². The summed E-state index contributed by atoms with van der Waals surface area (Å²) in [6, 6.07) is 4.59. The van der Waals surface area contributed by atoms with Gasteiger partial charge in [0.25, 0.3) is 0 Å². The highest BCUT2D eigenvalue weighted by atomic mass is 35.5. The van der Waals surface area contributed by atoms with Crippen LogP contribution in [0, 0.1) is 0 Å². The molecule has 18 heavy (non-hydrogen) atoms. The van der Waals surface area contributed by atoms with E-state index in [-0.39, 0.29) is 11.9 Å². The van der Waals surface area contributed by atoms with Crippen LogP contribution in [0.4, 0.5) is 0 Å². The van der Waals surface area contributed by atoms with E-state index in [1.165, 1.54) is 12.7 Å². The van der Waals surface area contributed by atoms with Crippen LogP contribution in [0.1, 0.15) is 23.3 Å². The Labute approximate surface area is 108 Å². The second-order valence-electron chi connectivity index (χ2n) is 4.18. The maximum absolute atomic E-state index is 12.4. The molecule has 1 aliphatic heterocycles. The minimum Gasteiger partial charge on any atom is -0.487 e. The summed E-state index contributed by atoms with van der Waals surface area (Å²) >= 11 is 5.89. The van der Waals surface area contributed by atoms with Crippen LogP contribution in [0.15, 0.2) is 30.9 Å². The predicted molar refractivity (Wildman–Crippen MR) is 64.9 cm³/mol. The molecular formula is C12H10ClN3O2. The molecule has 2 aromatic rings. The van der Waals surface area contributed by atoms with Gasteiger partial charge in [0.15, 0.2) is 5.78 Å². The molecule has 0 saturated heterocycles. The van der Waals surface area contributed by atoms with Gasteiger partial charge in [-0.15, -0.1) is 10.2 Å². The van der Waals surface area contributed by atoms with E-state index in [0.29, 0.717) is 16.3 Å². The minimum absolute atomic E-state index is 0.0137. The van der Waals surface area contributed by atoms with Crippen LogP contribution in [0.3, 0.4) is 0 Å². The number of hydrogen-bond donors (Lipinski definition) is 0. The van der Waals surface area contributed by atoms with Crippen molar-refractivity contribution in [2.75, 3.05) is 0 Å². The second-order valence-corrected chi connectivity index (χ2v) is 4.62. The van der Waals surface area contributed by atoms with Gasteiger partial charge in [-0.25, -0.2) is 0 Å². The smallest absolute Gasteiger partial charge is 0.193 e. The molecule has 0 aliphatic carbocycles. The SMILES string of the molecule is C[C@H]1Oc2cc(Cl)ccc2C(=O)[C@@H]1n1cnnc1. The van der Waals surface area contributed by atoms with Crippen molar-refractivity contribution in [3.63, 3.8) is 0 Å². The summed E-state index contributed by atoms with van der Waals surface area (Å²) in [6.45, 7) is 1.84. The minimum atomic E-state index is -0.436. The largest absolute Gasteiger partial charge is 0.487 e. The average Bonchev–Trinajstić information content (AvgIpc) is 2.82. The number of benzene rings is 1. The lowest BCUT2D eigenvalue weighted by Crippen LogP contribution is -2.37. The van der Waals surface area contributed by atoms with E-state index in [2.05, 4.69) is 10.2 Å². The standard InChI is InChI=1S/C12H10ClN3O2/c1-7-11(16-5-14-15-6-16)12(17)9-3-2-8(13)4-10(9)18-7/h2-7,11H,1H3/t7-,11-/m1/s1. The van der Waals surface area contributed by atoms with Crippen molar-refractivity contribution in [3.05, 3.63) is 41.4 Å². The molecule has 0 bridgehead atoms. The van der Waals surface area contributed by atoms with Gasteiger partial charge in [0, 0.05) is 5.02 Å². The van der Waals surface area contributed by atoms with Gasteiger partial charge in [0.05, 0.1) is 5.56 Å². The summed E-state index contributed by atoms with van der Waals surface area (Å²) in [6.07, 6.45) is 2.74. The molecule has 2 atom stereocenters. The Kier molecular flexibility index (Phi) is 2.56. The van der Waals surface area contributed by atoms with E-state index < -0.39 is 6.04 Å². The molecule has 0 spiro atoms. The summed E-state index contributed by atoms with van der Waals surface area (Å²) in [7, 11) is 0. The zero-order valence-corrected chi connectivity index (χ0v) is 10.3. The highest BCUT2D eigenvalue weighted by Crippen LogP contribution is 2.34. The summed E-state index contributed by atoms with van der Waals surface area (Å²) in [5.74, 6) is 0.518. The number of halogens is 1. The number of carbonyl (C=O) groups excluding carboxylic acids is 1. The molecule has 0 N–H and O–H groups in total. The van der Waals surface area contributed by atoms with Crippen molar-refractivity contribution in [3.8, 4) is 5.75 Å². The van der Waals surface area contributed by atoms with Gasteiger partial charge in [-0.2, -0.15) is 0 Å². The molecular weight excluding hydrogens is 254 g/mol. The number of ether oxygens (including phenoxy) is 1. The first-order valence-electron chi connectivity index (χ1n) is 5.51. The maximum atomic E-state index is 12.4. The fourth-order valence-corrected chi connectivity index (χ4v) is 2.33. The first-order chi connectivity index (χ1) is 8.66. The van der Waals surface area contributed by atoms with E-state index in [1.807, 2.05) is 6.92 Å². The van der Waals surface area contributed by atoms with Crippen molar-refractivity contribution >= 4 is 17.4 Å². The zero-order chi connectivity index (χ0) is 12.7. The Bertz CT molecular complexity index is 597. The number of aromatic nitrogens is 3. The van der Waals surface area contributed by atoms with Crippen molar-refractivity contribution < 1.29 is 9.53 Å². The summed E-state index contributed by atoms with van der Waals surface area (Å²) < 4.78 is 7.40. The Balaban J connectivity index is 2.07. The first kappa shape index (κ1) is 11.2. The molecule has 0 amide bonds. The second kappa shape index (κ2) is 4.10. The molecule has 0 radical (unpaired) electrons. The van der Waals surface area contributed by atoms with Gasteiger partial charge in [-0.3, -0.25) is 4.79 Å². The molecule has 0 unspecified atom stereocenters. The number of hydrogen-bond acceptors (Lipinski definition) is 4. The fraction of sp³-hybridized carbons (Fsp3) is 0.250. The van der Waals surface area contributed by atoms with Crippen LogP contribution >= 0.6 is 11.6 Å². The predicted octanol–water partition coefficient (Wildman–Crippen LogP) is 2.14. The molecule has 2 heterocycles. The number of rotatable bonds is 1. The van der Waals surface area contributed by atoms with Crippen LogP contribution in [0.25, 0.3) is 0 Å². The average molecular weight is 264 g/mol. The van der Waals surface area contributed by atoms with Crippen LogP contribution in [-0.4, -0.2) is 26.7 Å². The van der Waals surface area contributed by atoms with Gasteiger partial charge in [0.2, 0.25) is 0 Å². The summed E-state index contributed by atoms with van der Waals surface area (Å²) in [5.41, 5.74) is 0.538. The van der Waals surface area contributed by atoms with E-state index in [4.69, 9.17) is 16.3 Å². The lowest BCUT2D eigenvalue weighted by Gasteiger charge is -2.30. The third-order valence-electron chi connectivity index (χ3n) is 2.99. The molecule has 0 saturated carbocycles. The van der Waals surface area contributed by atoms with Gasteiger partial charge >= 0.3 is 0 Å². The van der Waals surface area contributed by atoms with Gasteiger partial charge in [-0.05, 0) is 25.1 Å². The number of nitrogens with zero attached hydrogens (tertiary/aromatic N) is 3. The normalized spacial score (nSPS) is 22.4. The number of fused-ring (bicyclic) bond motifs is 1. The molecule has 1 aromatic carbocycles. The van der Waals surface area contributed by atoms with Gasteiger partial charge in [-0.1, -0.05) is 11.6 Å². The van der Waals surface area contributed by atoms with Crippen molar-refractivity contribution in [2.45, 2.75) is 19.1 Å². The molecule has 1 aromatic heterocycles. The van der Waals surface area contributed by atoms with Crippen molar-refractivity contribution in [1.29, 1.82) is 0 Å². The Morgan fingerprint density at radius 1 is 1.33 bits per heavy atom. The number of Topliss-reactive ketones (excluding diaryl/α,β-unsaturated/α-hetero) is 1. The topological polar surface area (TPSA) is 57.0 Å². The lowest BCUT2D eigenvalue weighted by molar-refractivity contribution is 0.0717. The molecule has 1 aliphatic rings. The van der Waals surface area contributed by atoms with Crippen LogP contribution in [-0.2, 0) is 0 Å². The Morgan fingerprint density at radius 2 is 2.06 bits per heavy atom. The Morgan fingerprint density at radius 3 is 2.78 bits per heavy atom. The molecule has 6 heteroatoms. The first-order valence-corrected chi connectivity index (χ1v) is 5.89. The molecule has 92 valence electrons. The zero-order valence-electron chi connectivity index (χ0n) is 9.58. The van der Waals surface area contributed by atoms with E-state index >= 15 is 0 Å². The monoisotopic (exact) mass is 263 g/mol. The number of ketones is 1. The molecule has 3 rings (SSSR count). The van der Waals surface area contributed by atoms with Crippen molar-refractivity contribution in [2.24, 2.45) is 0 Å². The van der Waals surface area contributed by atoms with Crippen LogP contribution in [0.2, 0.25) is 5.02 Å². The third-order valence-corrected chi connectivity index (χ3v) is 3.23. The van der Waals surface area contributed by atoms with Crippen LogP contribution < -0.4 is 4.74 Å². The van der Waals surface area contributed by atoms with Crippen LogP contribution in [0.5, 0.6) is 5.75 Å². The number of carbonyl (C=O) groups is 1. The third kappa shape index (κ3) is 1.67. The molecule has 5 nitrogen and oxygen atoms in total. The van der Waals surface area contributed by atoms with E-state index in [1.54, 1.807) is 22.8 Å². The summed E-state index contributed by atoms with van der Waals surface area (Å²) in [5, 5.41) is 7.99. The van der Waals surface area contributed by atoms with E-state index in [9.17, 15) is 4.79 Å². The fourth-order valence-electron chi connectivity index (χ4n) is 2.16. The quantitative estimate of drug-likeness (QED) is 0.791. The van der Waals surface area contributed by atoms with Crippen molar-refractivity contribution in [1.82, 2.24) is 14.8 Å². The summed E-state index contributed by atoms with van der Waals surface area (Å²) in [4.78, 5) is 12.4.